The van der Waals surface area contributed by atoms with Gasteiger partial charge in [-0.05, 0) is 44.4 Å². The summed E-state index contributed by atoms with van der Waals surface area (Å²) in [6.45, 7) is 6.44. The summed E-state index contributed by atoms with van der Waals surface area (Å²) in [5.41, 5.74) is 2.39. The number of rotatable bonds is 7. The average molecular weight is 488 g/mol. The van der Waals surface area contributed by atoms with Crippen molar-refractivity contribution in [2.75, 3.05) is 19.6 Å². The summed E-state index contributed by atoms with van der Waals surface area (Å²) < 4.78 is 13.1. The number of aryl methyl sites for hydroxylation is 1. The van der Waals surface area contributed by atoms with E-state index in [1.807, 2.05) is 19.1 Å². The molecule has 2 N–H and O–H groups in total. The van der Waals surface area contributed by atoms with E-state index in [4.69, 9.17) is 4.99 Å². The van der Waals surface area contributed by atoms with Crippen LogP contribution in [0.15, 0.2) is 34.6 Å². The Labute approximate surface area is 175 Å². The van der Waals surface area contributed by atoms with E-state index in [0.29, 0.717) is 0 Å². The topological polar surface area (TPSA) is 49.3 Å². The zero-order valence-electron chi connectivity index (χ0n) is 15.2. The maximum atomic E-state index is 13.1. The van der Waals surface area contributed by atoms with Crippen molar-refractivity contribution in [2.45, 2.75) is 38.5 Å². The molecule has 142 valence electrons. The molecular weight excluding hydrogens is 462 g/mol. The molecule has 0 saturated heterocycles. The number of nitrogens with one attached hydrogen (secondary N) is 2. The van der Waals surface area contributed by atoms with E-state index in [0.717, 1.165) is 55.6 Å². The van der Waals surface area contributed by atoms with Crippen LogP contribution in [0.25, 0.3) is 0 Å². The Morgan fingerprint density at radius 2 is 2.00 bits per heavy atom. The molecule has 0 atom stereocenters. The van der Waals surface area contributed by atoms with Gasteiger partial charge in [0.05, 0.1) is 17.2 Å². The number of aromatic nitrogens is 1. The lowest BCUT2D eigenvalue weighted by molar-refractivity contribution is 0.623. The minimum Gasteiger partial charge on any atom is -0.357 e. The molecule has 2 aromatic rings. The molecule has 0 amide bonds. The predicted molar refractivity (Wildman–Crippen MR) is 117 cm³/mol. The highest BCUT2D eigenvalue weighted by molar-refractivity contribution is 14.0. The SMILES string of the molecule is CCNC(=NCC1(c2ccc(F)cc2)CC1)NCCc1csc(C)n1.I. The van der Waals surface area contributed by atoms with Crippen LogP contribution in [0.1, 0.15) is 36.0 Å². The molecule has 0 bridgehead atoms. The van der Waals surface area contributed by atoms with Crippen molar-refractivity contribution >= 4 is 41.3 Å². The van der Waals surface area contributed by atoms with Crippen molar-refractivity contribution in [1.29, 1.82) is 0 Å². The minimum absolute atomic E-state index is 0. The van der Waals surface area contributed by atoms with Gasteiger partial charge < -0.3 is 10.6 Å². The van der Waals surface area contributed by atoms with Crippen LogP contribution < -0.4 is 10.6 Å². The van der Waals surface area contributed by atoms with E-state index >= 15 is 0 Å². The molecule has 1 heterocycles. The van der Waals surface area contributed by atoms with Crippen molar-refractivity contribution in [1.82, 2.24) is 15.6 Å². The maximum absolute atomic E-state index is 13.1. The Bertz CT molecular complexity index is 725. The van der Waals surface area contributed by atoms with Crippen LogP contribution in [0.4, 0.5) is 4.39 Å². The molecular formula is C19H26FIN4S. The summed E-state index contributed by atoms with van der Waals surface area (Å²) in [7, 11) is 0. The Kier molecular flexibility index (Phi) is 7.82. The highest BCUT2D eigenvalue weighted by Crippen LogP contribution is 2.48. The zero-order chi connectivity index (χ0) is 17.7. The van der Waals surface area contributed by atoms with Gasteiger partial charge in [-0.2, -0.15) is 0 Å². The van der Waals surface area contributed by atoms with E-state index < -0.39 is 0 Å². The summed E-state index contributed by atoms with van der Waals surface area (Å²) in [6.07, 6.45) is 3.11. The number of halogens is 2. The van der Waals surface area contributed by atoms with E-state index in [1.54, 1.807) is 23.5 Å². The van der Waals surface area contributed by atoms with Crippen LogP contribution in [0.3, 0.4) is 0 Å². The molecule has 0 aliphatic heterocycles. The number of benzene rings is 1. The predicted octanol–water partition coefficient (Wildman–Crippen LogP) is 4.04. The molecule has 1 aliphatic carbocycles. The second kappa shape index (κ2) is 9.64. The van der Waals surface area contributed by atoms with Crippen LogP contribution >= 0.6 is 35.3 Å². The number of nitrogens with zero attached hydrogens (tertiary/aromatic N) is 2. The van der Waals surface area contributed by atoms with Crippen LogP contribution in [0.2, 0.25) is 0 Å². The number of aliphatic imine (C=N–C) groups is 1. The summed E-state index contributed by atoms with van der Waals surface area (Å²) in [6, 6.07) is 6.86. The van der Waals surface area contributed by atoms with E-state index in [9.17, 15) is 4.39 Å². The Hall–Kier alpha value is -1.22. The standard InChI is InChI=1S/C19H25FN4S.HI/c1-3-21-18(22-11-8-17-12-25-14(2)24-17)23-13-19(9-10-19)15-4-6-16(20)7-5-15;/h4-7,12H,3,8-11,13H2,1-2H3,(H2,21,22,23);1H. The highest BCUT2D eigenvalue weighted by Gasteiger charge is 2.44. The lowest BCUT2D eigenvalue weighted by atomic mass is 9.96. The van der Waals surface area contributed by atoms with Gasteiger partial charge in [0.15, 0.2) is 5.96 Å². The lowest BCUT2D eigenvalue weighted by Crippen LogP contribution is -2.39. The fourth-order valence-corrected chi connectivity index (χ4v) is 3.54. The van der Waals surface area contributed by atoms with Gasteiger partial charge in [0.25, 0.3) is 0 Å². The molecule has 0 spiro atoms. The molecule has 1 aromatic carbocycles. The van der Waals surface area contributed by atoms with Crippen molar-refractivity contribution in [3.05, 3.63) is 51.7 Å². The number of guanidine groups is 1. The van der Waals surface area contributed by atoms with Gasteiger partial charge in [0, 0.05) is 30.3 Å². The number of hydrogen-bond donors (Lipinski definition) is 2. The summed E-state index contributed by atoms with van der Waals surface area (Å²) in [5.74, 6) is 0.651. The van der Waals surface area contributed by atoms with Gasteiger partial charge in [-0.3, -0.25) is 4.99 Å². The number of thiazole rings is 1. The molecule has 4 nitrogen and oxygen atoms in total. The van der Waals surface area contributed by atoms with Gasteiger partial charge in [-0.1, -0.05) is 12.1 Å². The summed E-state index contributed by atoms with van der Waals surface area (Å²) in [4.78, 5) is 9.25. The molecule has 1 fully saturated rings. The molecule has 1 saturated carbocycles. The quantitative estimate of drug-likeness (QED) is 0.352. The van der Waals surface area contributed by atoms with Crippen LogP contribution in [-0.4, -0.2) is 30.6 Å². The van der Waals surface area contributed by atoms with Crippen LogP contribution in [-0.2, 0) is 11.8 Å². The van der Waals surface area contributed by atoms with Crippen LogP contribution in [0, 0.1) is 12.7 Å². The van der Waals surface area contributed by atoms with Crippen molar-refractivity contribution in [3.8, 4) is 0 Å². The Morgan fingerprint density at radius 3 is 2.58 bits per heavy atom. The van der Waals surface area contributed by atoms with Gasteiger partial charge >= 0.3 is 0 Å². The Morgan fingerprint density at radius 1 is 1.27 bits per heavy atom. The van der Waals surface area contributed by atoms with Crippen molar-refractivity contribution in [2.24, 2.45) is 4.99 Å². The maximum Gasteiger partial charge on any atom is 0.191 e. The highest BCUT2D eigenvalue weighted by atomic mass is 127. The smallest absolute Gasteiger partial charge is 0.191 e. The first-order valence-electron chi connectivity index (χ1n) is 8.80. The fraction of sp³-hybridized carbons (Fsp3) is 0.474. The van der Waals surface area contributed by atoms with Crippen LogP contribution in [0.5, 0.6) is 0 Å². The first kappa shape index (κ1) is 21.1. The molecule has 0 unspecified atom stereocenters. The summed E-state index contributed by atoms with van der Waals surface area (Å²) >= 11 is 1.68. The van der Waals surface area contributed by atoms with E-state index in [1.165, 1.54) is 5.56 Å². The average Bonchev–Trinajstić information content (AvgIpc) is 3.28. The zero-order valence-corrected chi connectivity index (χ0v) is 18.4. The van der Waals surface area contributed by atoms with Gasteiger partial charge in [0.1, 0.15) is 5.82 Å². The number of hydrogen-bond acceptors (Lipinski definition) is 3. The van der Waals surface area contributed by atoms with Gasteiger partial charge in [0.2, 0.25) is 0 Å². The lowest BCUT2D eigenvalue weighted by Gasteiger charge is -2.16. The largest absolute Gasteiger partial charge is 0.357 e. The third-order valence-electron chi connectivity index (χ3n) is 4.53. The third kappa shape index (κ3) is 5.64. The third-order valence-corrected chi connectivity index (χ3v) is 5.36. The van der Waals surface area contributed by atoms with Gasteiger partial charge in [-0.15, -0.1) is 35.3 Å². The van der Waals surface area contributed by atoms with E-state index in [-0.39, 0.29) is 35.2 Å². The minimum atomic E-state index is -0.185. The molecule has 26 heavy (non-hydrogen) atoms. The first-order valence-corrected chi connectivity index (χ1v) is 9.68. The van der Waals surface area contributed by atoms with Crippen molar-refractivity contribution in [3.63, 3.8) is 0 Å². The fourth-order valence-electron chi connectivity index (χ4n) is 2.90. The second-order valence-electron chi connectivity index (χ2n) is 6.52. The molecule has 7 heteroatoms. The molecule has 1 aromatic heterocycles. The molecule has 3 rings (SSSR count). The normalized spacial score (nSPS) is 15.3. The molecule has 1 aliphatic rings. The second-order valence-corrected chi connectivity index (χ2v) is 7.58. The first-order chi connectivity index (χ1) is 12.1. The van der Waals surface area contributed by atoms with Crippen molar-refractivity contribution < 1.29 is 4.39 Å². The Balaban J connectivity index is 0.00000243. The monoisotopic (exact) mass is 488 g/mol. The van der Waals surface area contributed by atoms with Gasteiger partial charge in [-0.25, -0.2) is 9.37 Å². The van der Waals surface area contributed by atoms with E-state index in [2.05, 4.69) is 27.9 Å². The summed E-state index contributed by atoms with van der Waals surface area (Å²) in [5, 5.41) is 9.89. The molecule has 0 radical (unpaired) electrons.